The van der Waals surface area contributed by atoms with Crippen LogP contribution >= 0.6 is 0 Å². The minimum atomic E-state index is 0.0757. The van der Waals surface area contributed by atoms with Gasteiger partial charge in [-0.05, 0) is 30.5 Å². The van der Waals surface area contributed by atoms with E-state index < -0.39 is 0 Å². The van der Waals surface area contributed by atoms with Gasteiger partial charge in [0.05, 0.1) is 0 Å². The second-order valence-electron chi connectivity index (χ2n) is 4.74. The van der Waals surface area contributed by atoms with E-state index in [4.69, 9.17) is 0 Å². The van der Waals surface area contributed by atoms with Gasteiger partial charge in [-0.15, -0.1) is 0 Å². The maximum absolute atomic E-state index is 11.3. The monoisotopic (exact) mass is 323 g/mol. The average Bonchev–Trinajstić information content (AvgIpc) is 2.62. The highest BCUT2D eigenvalue weighted by molar-refractivity contribution is 5.91. The van der Waals surface area contributed by atoms with E-state index in [-0.39, 0.29) is 5.91 Å². The van der Waals surface area contributed by atoms with Gasteiger partial charge in [-0.2, -0.15) is 0 Å². The van der Waals surface area contributed by atoms with Crippen LogP contribution in [0.2, 0.25) is 0 Å². The zero-order valence-corrected chi connectivity index (χ0v) is 17.2. The van der Waals surface area contributed by atoms with Crippen LogP contribution in [0.25, 0.3) is 0 Å². The molecule has 1 amide bonds. The maximum atomic E-state index is 11.3. The molecule has 0 radical (unpaired) electrons. The molecular weight excluding hydrogens is 282 g/mol. The number of carbonyl (C=O) groups is 1. The van der Waals surface area contributed by atoms with Gasteiger partial charge in [0.2, 0.25) is 5.91 Å². The summed E-state index contributed by atoms with van der Waals surface area (Å²) >= 11 is 0. The van der Waals surface area contributed by atoms with Crippen LogP contribution in [-0.4, -0.2) is 5.91 Å². The van der Waals surface area contributed by atoms with E-state index in [9.17, 15) is 4.79 Å². The molecule has 0 heterocycles. The summed E-state index contributed by atoms with van der Waals surface area (Å²) in [6.07, 6.45) is 5.37. The summed E-state index contributed by atoms with van der Waals surface area (Å²) in [6.45, 7) is 18.5. The lowest BCUT2D eigenvalue weighted by Gasteiger charge is -2.11. The summed E-state index contributed by atoms with van der Waals surface area (Å²) in [5, 5.41) is 2.92. The molecule has 0 saturated carbocycles. The Morgan fingerprint density at radius 1 is 0.913 bits per heavy atom. The Kier molecular flexibility index (Phi) is 23.9. The third-order valence-corrected chi connectivity index (χ3v) is 3.06. The van der Waals surface area contributed by atoms with Crippen molar-refractivity contribution >= 4 is 11.6 Å². The van der Waals surface area contributed by atoms with E-state index in [0.29, 0.717) is 6.42 Å². The van der Waals surface area contributed by atoms with Crippen LogP contribution in [0.1, 0.15) is 92.2 Å². The standard InChI is InChI=1S/C13H19NO.C4H10.2C2H6/c1-4-7-11-8-6-9-12(10(11)3)14-13(15)5-2;1-3-4-2;2*1-2/h6,8-9H,4-5,7H2,1-3H3,(H,14,15);3-4H2,1-2H3;2*1-2H3. The van der Waals surface area contributed by atoms with Gasteiger partial charge >= 0.3 is 0 Å². The number of aryl methyl sites for hydroxylation is 1. The molecule has 2 nitrogen and oxygen atoms in total. The Labute approximate surface area is 146 Å². The number of rotatable bonds is 5. The molecule has 2 heteroatoms. The van der Waals surface area contributed by atoms with Gasteiger partial charge in [-0.25, -0.2) is 0 Å². The Bertz CT molecular complexity index is 370. The van der Waals surface area contributed by atoms with E-state index in [0.717, 1.165) is 18.5 Å². The molecule has 0 unspecified atom stereocenters. The largest absolute Gasteiger partial charge is 0.326 e. The number of carbonyl (C=O) groups excluding carboxylic acids is 1. The molecule has 0 fully saturated rings. The summed E-state index contributed by atoms with van der Waals surface area (Å²) in [4.78, 5) is 11.3. The highest BCUT2D eigenvalue weighted by Gasteiger charge is 2.05. The first-order chi connectivity index (χ1) is 11.1. The fourth-order valence-corrected chi connectivity index (χ4v) is 1.60. The van der Waals surface area contributed by atoms with Crippen LogP contribution in [-0.2, 0) is 11.2 Å². The van der Waals surface area contributed by atoms with Gasteiger partial charge < -0.3 is 5.32 Å². The van der Waals surface area contributed by atoms with E-state index in [1.807, 2.05) is 46.8 Å². The molecule has 0 spiro atoms. The summed E-state index contributed by atoms with van der Waals surface area (Å²) < 4.78 is 0. The number of amides is 1. The minimum Gasteiger partial charge on any atom is -0.326 e. The van der Waals surface area contributed by atoms with E-state index in [1.165, 1.54) is 24.0 Å². The lowest BCUT2D eigenvalue weighted by atomic mass is 10.0. The van der Waals surface area contributed by atoms with Gasteiger partial charge in [-0.1, -0.05) is 86.8 Å². The third kappa shape index (κ3) is 14.0. The van der Waals surface area contributed by atoms with Crippen LogP contribution < -0.4 is 5.32 Å². The van der Waals surface area contributed by atoms with Crippen molar-refractivity contribution in [3.8, 4) is 0 Å². The van der Waals surface area contributed by atoms with Crippen LogP contribution in [0.3, 0.4) is 0 Å². The lowest BCUT2D eigenvalue weighted by Crippen LogP contribution is -2.11. The fourth-order valence-electron chi connectivity index (χ4n) is 1.60. The number of anilines is 1. The number of unbranched alkanes of at least 4 members (excludes halogenated alkanes) is 1. The number of benzene rings is 1. The molecule has 0 atom stereocenters. The topological polar surface area (TPSA) is 29.1 Å². The van der Waals surface area contributed by atoms with E-state index >= 15 is 0 Å². The predicted molar refractivity (Wildman–Crippen MR) is 107 cm³/mol. The van der Waals surface area contributed by atoms with Crippen LogP contribution in [0.15, 0.2) is 18.2 Å². The highest BCUT2D eigenvalue weighted by Crippen LogP contribution is 2.20. The number of hydrogen-bond donors (Lipinski definition) is 1. The fraction of sp³-hybridized carbons (Fsp3) is 0.667. The van der Waals surface area contributed by atoms with Crippen LogP contribution in [0.5, 0.6) is 0 Å². The maximum Gasteiger partial charge on any atom is 0.224 e. The summed E-state index contributed by atoms with van der Waals surface area (Å²) in [6, 6.07) is 6.09. The summed E-state index contributed by atoms with van der Waals surface area (Å²) in [7, 11) is 0. The van der Waals surface area contributed by atoms with E-state index in [2.05, 4.69) is 39.1 Å². The molecule has 1 rings (SSSR count). The first-order valence-corrected chi connectivity index (χ1v) is 9.48. The first-order valence-electron chi connectivity index (χ1n) is 9.48. The predicted octanol–water partition coefficient (Wildman–Crippen LogP) is 7.15. The lowest BCUT2D eigenvalue weighted by molar-refractivity contribution is -0.115. The minimum absolute atomic E-state index is 0.0757. The molecule has 0 bridgehead atoms. The third-order valence-electron chi connectivity index (χ3n) is 3.06. The summed E-state index contributed by atoms with van der Waals surface area (Å²) in [5.74, 6) is 0.0757. The molecule has 136 valence electrons. The smallest absolute Gasteiger partial charge is 0.224 e. The van der Waals surface area contributed by atoms with Crippen molar-refractivity contribution in [2.75, 3.05) is 5.32 Å². The molecular formula is C21H41NO. The normalized spacial score (nSPS) is 8.39. The Morgan fingerprint density at radius 3 is 1.83 bits per heavy atom. The highest BCUT2D eigenvalue weighted by atomic mass is 16.1. The second-order valence-corrected chi connectivity index (χ2v) is 4.74. The van der Waals surface area contributed by atoms with Gasteiger partial charge in [0.15, 0.2) is 0 Å². The van der Waals surface area contributed by atoms with Gasteiger partial charge in [0, 0.05) is 12.1 Å². The Balaban J connectivity index is -0.000000426. The van der Waals surface area contributed by atoms with Crippen molar-refractivity contribution in [1.29, 1.82) is 0 Å². The van der Waals surface area contributed by atoms with Crippen molar-refractivity contribution in [2.45, 2.75) is 94.4 Å². The van der Waals surface area contributed by atoms with Crippen molar-refractivity contribution in [3.63, 3.8) is 0 Å². The van der Waals surface area contributed by atoms with Crippen LogP contribution in [0.4, 0.5) is 5.69 Å². The van der Waals surface area contributed by atoms with Crippen molar-refractivity contribution < 1.29 is 4.79 Å². The van der Waals surface area contributed by atoms with Crippen molar-refractivity contribution in [3.05, 3.63) is 29.3 Å². The van der Waals surface area contributed by atoms with E-state index in [1.54, 1.807) is 0 Å². The Hall–Kier alpha value is -1.31. The molecule has 1 aromatic carbocycles. The van der Waals surface area contributed by atoms with Gasteiger partial charge in [-0.3, -0.25) is 4.79 Å². The molecule has 0 saturated heterocycles. The zero-order valence-electron chi connectivity index (χ0n) is 17.2. The molecule has 23 heavy (non-hydrogen) atoms. The number of nitrogens with one attached hydrogen (secondary N) is 1. The first kappa shape index (κ1) is 26.6. The van der Waals surface area contributed by atoms with Crippen molar-refractivity contribution in [1.82, 2.24) is 0 Å². The van der Waals surface area contributed by atoms with Gasteiger partial charge in [0.25, 0.3) is 0 Å². The molecule has 0 aliphatic rings. The molecule has 1 N–H and O–H groups in total. The van der Waals surface area contributed by atoms with Crippen molar-refractivity contribution in [2.24, 2.45) is 0 Å². The Morgan fingerprint density at radius 2 is 1.43 bits per heavy atom. The molecule has 0 aromatic heterocycles. The van der Waals surface area contributed by atoms with Gasteiger partial charge in [0.1, 0.15) is 0 Å². The second kappa shape index (κ2) is 20.7. The number of hydrogen-bond acceptors (Lipinski definition) is 1. The average molecular weight is 324 g/mol. The molecule has 1 aromatic rings. The quantitative estimate of drug-likeness (QED) is 0.612. The van der Waals surface area contributed by atoms with Crippen LogP contribution in [0, 0.1) is 6.92 Å². The molecule has 0 aliphatic heterocycles. The SMILES string of the molecule is CC.CC.CCCC.CCCc1cccc(NC(=O)CC)c1C. The molecule has 0 aliphatic carbocycles. The summed E-state index contributed by atoms with van der Waals surface area (Å²) in [5.41, 5.74) is 3.47. The zero-order chi connectivity index (χ0) is 18.7.